The predicted molar refractivity (Wildman–Crippen MR) is 64.1 cm³/mol. The molecule has 1 amide bonds. The number of nitrogens with one attached hydrogen (secondary N) is 1. The van der Waals surface area contributed by atoms with Gasteiger partial charge in [0, 0.05) is 6.42 Å². The van der Waals surface area contributed by atoms with Crippen LogP contribution >= 0.6 is 0 Å². The number of hydrogen-bond donors (Lipinski definition) is 1. The molecule has 0 saturated heterocycles. The Morgan fingerprint density at radius 3 is 3.00 bits per heavy atom. The molecule has 0 spiro atoms. The van der Waals surface area contributed by atoms with Crippen LogP contribution in [0.2, 0.25) is 0 Å². The van der Waals surface area contributed by atoms with E-state index in [1.807, 2.05) is 12.1 Å². The van der Waals surface area contributed by atoms with Crippen LogP contribution in [0.3, 0.4) is 0 Å². The third-order valence-electron chi connectivity index (χ3n) is 4.37. The molecule has 2 aliphatic carbocycles. The molecule has 92 valence electrons. The lowest BCUT2D eigenvalue weighted by molar-refractivity contribution is -0.122. The molecule has 0 aliphatic heterocycles. The van der Waals surface area contributed by atoms with Crippen LogP contribution in [0.5, 0.6) is 0 Å². The minimum absolute atomic E-state index is 0.180. The van der Waals surface area contributed by atoms with E-state index in [1.54, 1.807) is 6.26 Å². The van der Waals surface area contributed by atoms with E-state index in [9.17, 15) is 4.79 Å². The Morgan fingerprint density at radius 2 is 2.35 bits per heavy atom. The van der Waals surface area contributed by atoms with E-state index >= 15 is 0 Å². The van der Waals surface area contributed by atoms with Crippen molar-refractivity contribution < 1.29 is 9.21 Å². The lowest BCUT2D eigenvalue weighted by Gasteiger charge is -2.20. The van der Waals surface area contributed by atoms with E-state index in [2.05, 4.69) is 5.32 Å². The second-order valence-corrected chi connectivity index (χ2v) is 5.50. The zero-order valence-electron chi connectivity index (χ0n) is 10.0. The summed E-state index contributed by atoms with van der Waals surface area (Å²) in [5.41, 5.74) is 0. The summed E-state index contributed by atoms with van der Waals surface area (Å²) in [5, 5.41) is 2.94. The molecule has 2 bridgehead atoms. The highest BCUT2D eigenvalue weighted by Crippen LogP contribution is 2.49. The monoisotopic (exact) mass is 233 g/mol. The highest BCUT2D eigenvalue weighted by molar-refractivity contribution is 5.76. The molecule has 3 nitrogen and oxygen atoms in total. The molecule has 2 saturated carbocycles. The molecule has 17 heavy (non-hydrogen) atoms. The molecule has 1 aromatic rings. The van der Waals surface area contributed by atoms with Gasteiger partial charge in [0.05, 0.1) is 12.8 Å². The van der Waals surface area contributed by atoms with Crippen molar-refractivity contribution in [2.75, 3.05) is 0 Å². The summed E-state index contributed by atoms with van der Waals surface area (Å²) in [7, 11) is 0. The molecule has 1 aromatic heterocycles. The summed E-state index contributed by atoms with van der Waals surface area (Å²) < 4.78 is 5.19. The van der Waals surface area contributed by atoms with Gasteiger partial charge in [0.25, 0.3) is 0 Å². The lowest BCUT2D eigenvalue weighted by atomic mass is 9.86. The van der Waals surface area contributed by atoms with Crippen LogP contribution in [0.1, 0.15) is 37.9 Å². The van der Waals surface area contributed by atoms with Gasteiger partial charge in [0.15, 0.2) is 0 Å². The number of hydrogen-bond acceptors (Lipinski definition) is 2. The maximum atomic E-state index is 11.8. The van der Waals surface area contributed by atoms with Gasteiger partial charge in [-0.1, -0.05) is 6.42 Å². The van der Waals surface area contributed by atoms with Crippen molar-refractivity contribution in [2.24, 2.45) is 17.8 Å². The highest BCUT2D eigenvalue weighted by atomic mass is 16.3. The third kappa shape index (κ3) is 2.38. The number of fused-ring (bicyclic) bond motifs is 2. The van der Waals surface area contributed by atoms with Crippen molar-refractivity contribution in [3.05, 3.63) is 24.2 Å². The molecule has 0 aromatic carbocycles. The molecular formula is C14H19NO2. The molecule has 3 atom stereocenters. The van der Waals surface area contributed by atoms with E-state index in [1.165, 1.54) is 25.7 Å². The van der Waals surface area contributed by atoms with Crippen LogP contribution in [0, 0.1) is 17.8 Å². The van der Waals surface area contributed by atoms with E-state index < -0.39 is 0 Å². The van der Waals surface area contributed by atoms with E-state index in [0.717, 1.165) is 17.6 Å². The van der Waals surface area contributed by atoms with Gasteiger partial charge in [-0.2, -0.15) is 0 Å². The maximum Gasteiger partial charge on any atom is 0.220 e. The summed E-state index contributed by atoms with van der Waals surface area (Å²) in [6.07, 6.45) is 7.74. The Balaban J connectivity index is 1.44. The third-order valence-corrected chi connectivity index (χ3v) is 4.37. The Kier molecular flexibility index (Phi) is 2.91. The molecule has 3 rings (SSSR count). The van der Waals surface area contributed by atoms with Crippen LogP contribution < -0.4 is 5.32 Å². The van der Waals surface area contributed by atoms with Crippen molar-refractivity contribution >= 4 is 5.91 Å². The minimum atomic E-state index is 0.180. The Morgan fingerprint density at radius 1 is 1.41 bits per heavy atom. The fraction of sp³-hybridized carbons (Fsp3) is 0.643. The summed E-state index contributed by atoms with van der Waals surface area (Å²) in [4.78, 5) is 11.8. The Hall–Kier alpha value is -1.25. The quantitative estimate of drug-likeness (QED) is 0.868. The van der Waals surface area contributed by atoms with Crippen molar-refractivity contribution in [1.82, 2.24) is 5.32 Å². The van der Waals surface area contributed by atoms with Gasteiger partial charge in [0.1, 0.15) is 5.76 Å². The summed E-state index contributed by atoms with van der Waals surface area (Å²) in [5.74, 6) is 3.40. The van der Waals surface area contributed by atoms with Gasteiger partial charge in [0.2, 0.25) is 5.91 Å². The van der Waals surface area contributed by atoms with E-state index in [0.29, 0.717) is 18.9 Å². The van der Waals surface area contributed by atoms with Crippen LogP contribution in [-0.2, 0) is 11.3 Å². The Labute approximate surface area is 102 Å². The summed E-state index contributed by atoms with van der Waals surface area (Å²) in [6, 6.07) is 3.73. The number of carbonyl (C=O) groups is 1. The van der Waals surface area contributed by atoms with Gasteiger partial charge in [-0.05, 0) is 49.1 Å². The zero-order chi connectivity index (χ0) is 11.7. The van der Waals surface area contributed by atoms with Gasteiger partial charge in [-0.25, -0.2) is 0 Å². The average molecular weight is 233 g/mol. The van der Waals surface area contributed by atoms with Crippen molar-refractivity contribution in [3.63, 3.8) is 0 Å². The fourth-order valence-electron chi connectivity index (χ4n) is 3.54. The highest BCUT2D eigenvalue weighted by Gasteiger charge is 2.39. The summed E-state index contributed by atoms with van der Waals surface area (Å²) >= 11 is 0. The van der Waals surface area contributed by atoms with E-state index in [4.69, 9.17) is 4.42 Å². The van der Waals surface area contributed by atoms with Crippen LogP contribution in [0.25, 0.3) is 0 Å². The van der Waals surface area contributed by atoms with Crippen LogP contribution in [0.4, 0.5) is 0 Å². The molecule has 2 fully saturated rings. The van der Waals surface area contributed by atoms with Gasteiger partial charge in [-0.15, -0.1) is 0 Å². The molecule has 1 heterocycles. The molecule has 1 N–H and O–H groups in total. The first-order chi connectivity index (χ1) is 8.31. The SMILES string of the molecule is O=C(C[C@H]1C[C@@H]2CC[C@@H]1C2)NCc1ccco1. The standard InChI is InChI=1S/C14H19NO2/c16-14(15-9-13-2-1-5-17-13)8-12-7-10-3-4-11(12)6-10/h1-2,5,10-12H,3-4,6-9H2,(H,15,16)/t10-,11-,12-/m1/s1. The Bertz CT molecular complexity index is 385. The number of amides is 1. The smallest absolute Gasteiger partial charge is 0.220 e. The normalized spacial score (nSPS) is 30.7. The first-order valence-electron chi connectivity index (χ1n) is 6.60. The predicted octanol–water partition coefficient (Wildman–Crippen LogP) is 2.72. The first kappa shape index (κ1) is 10.9. The number of furan rings is 1. The van der Waals surface area contributed by atoms with Gasteiger partial charge >= 0.3 is 0 Å². The molecule has 0 unspecified atom stereocenters. The second kappa shape index (κ2) is 4.55. The van der Waals surface area contributed by atoms with Crippen molar-refractivity contribution in [2.45, 2.75) is 38.6 Å². The molecule has 0 radical (unpaired) electrons. The van der Waals surface area contributed by atoms with Crippen LogP contribution in [0.15, 0.2) is 22.8 Å². The lowest BCUT2D eigenvalue weighted by Crippen LogP contribution is -2.26. The maximum absolute atomic E-state index is 11.8. The largest absolute Gasteiger partial charge is 0.467 e. The summed E-state index contributed by atoms with van der Waals surface area (Å²) in [6.45, 7) is 0.520. The second-order valence-electron chi connectivity index (χ2n) is 5.50. The van der Waals surface area contributed by atoms with Gasteiger partial charge in [-0.3, -0.25) is 4.79 Å². The van der Waals surface area contributed by atoms with Crippen molar-refractivity contribution in [1.29, 1.82) is 0 Å². The minimum Gasteiger partial charge on any atom is -0.467 e. The van der Waals surface area contributed by atoms with Gasteiger partial charge < -0.3 is 9.73 Å². The number of carbonyl (C=O) groups excluding carboxylic acids is 1. The average Bonchev–Trinajstić information content (AvgIpc) is 3.03. The van der Waals surface area contributed by atoms with Crippen LogP contribution in [-0.4, -0.2) is 5.91 Å². The zero-order valence-corrected chi connectivity index (χ0v) is 10.0. The molecule has 3 heteroatoms. The van der Waals surface area contributed by atoms with E-state index in [-0.39, 0.29) is 5.91 Å². The number of rotatable bonds is 4. The molecule has 2 aliphatic rings. The molecular weight excluding hydrogens is 214 g/mol. The topological polar surface area (TPSA) is 42.2 Å². The fourth-order valence-corrected chi connectivity index (χ4v) is 3.54. The first-order valence-corrected chi connectivity index (χ1v) is 6.60. The van der Waals surface area contributed by atoms with Crippen molar-refractivity contribution in [3.8, 4) is 0 Å².